The van der Waals surface area contributed by atoms with Crippen molar-refractivity contribution in [2.24, 2.45) is 5.92 Å². The van der Waals surface area contributed by atoms with Crippen LogP contribution >= 0.6 is 0 Å². The van der Waals surface area contributed by atoms with Gasteiger partial charge in [0.15, 0.2) is 0 Å². The first-order valence-electron chi connectivity index (χ1n) is 8.24. The summed E-state index contributed by atoms with van der Waals surface area (Å²) in [6.07, 6.45) is 5.88. The molecule has 1 aromatic rings. The Labute approximate surface area is 132 Å². The van der Waals surface area contributed by atoms with E-state index in [1.165, 1.54) is 0 Å². The van der Waals surface area contributed by atoms with Gasteiger partial charge >= 0.3 is 0 Å². The molecule has 1 aliphatic carbocycles. The third kappa shape index (κ3) is 4.08. The van der Waals surface area contributed by atoms with Crippen LogP contribution in [0.4, 0.5) is 5.82 Å². The molecule has 1 fully saturated rings. The van der Waals surface area contributed by atoms with Gasteiger partial charge in [0.25, 0.3) is 0 Å². The molecule has 0 unspecified atom stereocenters. The summed E-state index contributed by atoms with van der Waals surface area (Å²) in [5.74, 6) is 1.16. The Bertz CT molecular complexity index is 486. The topological polar surface area (TPSA) is 79.2 Å². The van der Waals surface area contributed by atoms with E-state index in [0.29, 0.717) is 12.0 Å². The molecule has 1 heterocycles. The first-order valence-corrected chi connectivity index (χ1v) is 8.24. The summed E-state index contributed by atoms with van der Waals surface area (Å²) in [5, 5.41) is 19.7. The van der Waals surface area contributed by atoms with E-state index in [2.05, 4.69) is 15.7 Å². The highest BCUT2D eigenvalue weighted by Crippen LogP contribution is 2.28. The van der Waals surface area contributed by atoms with E-state index in [9.17, 15) is 4.79 Å². The summed E-state index contributed by atoms with van der Waals surface area (Å²) >= 11 is 0. The van der Waals surface area contributed by atoms with Crippen molar-refractivity contribution in [2.75, 3.05) is 11.9 Å². The number of aromatic nitrogens is 2. The first-order chi connectivity index (χ1) is 10.5. The molecule has 2 rings (SSSR count). The molecule has 3 atom stereocenters. The van der Waals surface area contributed by atoms with Gasteiger partial charge in [-0.25, -0.2) is 4.68 Å². The van der Waals surface area contributed by atoms with Crippen molar-refractivity contribution in [3.8, 4) is 0 Å². The van der Waals surface area contributed by atoms with Crippen molar-refractivity contribution in [3.05, 3.63) is 12.3 Å². The standard InChI is InChI=1S/C16H28N4O2/c1-11(2)20-15(7-9-17-20)19-16(22)12(3)18-14-6-4-5-13(14)8-10-21/h7,9,11-14,18,21H,4-6,8,10H2,1-3H3,(H,19,22)/t12-,13-,14+/m0/s1. The minimum atomic E-state index is -0.264. The molecule has 0 aliphatic heterocycles. The van der Waals surface area contributed by atoms with Crippen LogP contribution in [0.3, 0.4) is 0 Å². The highest BCUT2D eigenvalue weighted by atomic mass is 16.3. The first kappa shape index (κ1) is 17.0. The van der Waals surface area contributed by atoms with Crippen LogP contribution in [0, 0.1) is 5.92 Å². The SMILES string of the molecule is CC(C)n1nccc1NC(=O)[C@H](C)N[C@@H]1CCC[C@H]1CCO. The molecular formula is C16H28N4O2. The van der Waals surface area contributed by atoms with Crippen molar-refractivity contribution in [1.29, 1.82) is 0 Å². The molecule has 1 saturated carbocycles. The second-order valence-corrected chi connectivity index (χ2v) is 6.44. The highest BCUT2D eigenvalue weighted by Gasteiger charge is 2.29. The summed E-state index contributed by atoms with van der Waals surface area (Å²) in [5.41, 5.74) is 0. The molecule has 22 heavy (non-hydrogen) atoms. The number of carbonyl (C=O) groups excluding carboxylic acids is 1. The summed E-state index contributed by atoms with van der Waals surface area (Å²) in [6, 6.07) is 2.08. The number of amides is 1. The number of nitrogens with one attached hydrogen (secondary N) is 2. The number of nitrogens with zero attached hydrogens (tertiary/aromatic N) is 2. The number of rotatable bonds is 7. The maximum atomic E-state index is 12.4. The van der Waals surface area contributed by atoms with Crippen molar-refractivity contribution in [2.45, 2.75) is 64.6 Å². The molecule has 0 saturated heterocycles. The van der Waals surface area contributed by atoms with Gasteiger partial charge in [-0.1, -0.05) is 6.42 Å². The van der Waals surface area contributed by atoms with Crippen LogP contribution in [0.2, 0.25) is 0 Å². The fourth-order valence-corrected chi connectivity index (χ4v) is 3.22. The zero-order chi connectivity index (χ0) is 16.1. The third-order valence-electron chi connectivity index (χ3n) is 4.43. The van der Waals surface area contributed by atoms with Crippen molar-refractivity contribution >= 4 is 11.7 Å². The lowest BCUT2D eigenvalue weighted by Gasteiger charge is -2.24. The van der Waals surface area contributed by atoms with Gasteiger partial charge in [0.05, 0.1) is 12.2 Å². The van der Waals surface area contributed by atoms with Crippen LogP contribution in [0.25, 0.3) is 0 Å². The lowest BCUT2D eigenvalue weighted by Crippen LogP contribution is -2.45. The van der Waals surface area contributed by atoms with E-state index in [1.54, 1.807) is 10.9 Å². The average Bonchev–Trinajstić information content (AvgIpc) is 3.09. The Morgan fingerprint density at radius 3 is 2.91 bits per heavy atom. The van der Waals surface area contributed by atoms with Crippen LogP contribution in [0.15, 0.2) is 12.3 Å². The lowest BCUT2D eigenvalue weighted by atomic mass is 9.99. The number of hydrogen-bond acceptors (Lipinski definition) is 4. The van der Waals surface area contributed by atoms with Crippen LogP contribution in [0.1, 0.15) is 52.5 Å². The second-order valence-electron chi connectivity index (χ2n) is 6.44. The summed E-state index contributed by atoms with van der Waals surface area (Å²) in [6.45, 7) is 6.17. The maximum Gasteiger partial charge on any atom is 0.242 e. The van der Waals surface area contributed by atoms with E-state index in [-0.39, 0.29) is 24.6 Å². The Morgan fingerprint density at radius 2 is 2.23 bits per heavy atom. The Kier molecular flexibility index (Phi) is 5.97. The van der Waals surface area contributed by atoms with Gasteiger partial charge in [-0.3, -0.25) is 4.79 Å². The largest absolute Gasteiger partial charge is 0.396 e. The minimum absolute atomic E-state index is 0.0444. The predicted octanol–water partition coefficient (Wildman–Crippen LogP) is 1.93. The zero-order valence-corrected chi connectivity index (χ0v) is 13.7. The monoisotopic (exact) mass is 308 g/mol. The molecule has 0 radical (unpaired) electrons. The van der Waals surface area contributed by atoms with Gasteiger partial charge in [-0.15, -0.1) is 0 Å². The molecule has 1 amide bonds. The smallest absolute Gasteiger partial charge is 0.242 e. The normalized spacial score (nSPS) is 23.0. The van der Waals surface area contributed by atoms with Crippen molar-refractivity contribution in [3.63, 3.8) is 0 Å². The quantitative estimate of drug-likeness (QED) is 0.719. The fourth-order valence-electron chi connectivity index (χ4n) is 3.22. The molecule has 1 aliphatic rings. The third-order valence-corrected chi connectivity index (χ3v) is 4.43. The predicted molar refractivity (Wildman–Crippen MR) is 86.7 cm³/mol. The van der Waals surface area contributed by atoms with E-state index in [4.69, 9.17) is 5.11 Å². The second kappa shape index (κ2) is 7.74. The van der Waals surface area contributed by atoms with Gasteiger partial charge in [0.2, 0.25) is 5.91 Å². The Hall–Kier alpha value is -1.40. The van der Waals surface area contributed by atoms with Crippen LogP contribution < -0.4 is 10.6 Å². The van der Waals surface area contributed by atoms with Gasteiger partial charge < -0.3 is 15.7 Å². The van der Waals surface area contributed by atoms with Gasteiger partial charge in [0.1, 0.15) is 5.82 Å². The summed E-state index contributed by atoms with van der Waals surface area (Å²) in [4.78, 5) is 12.4. The van der Waals surface area contributed by atoms with Gasteiger partial charge in [0, 0.05) is 24.8 Å². The highest BCUT2D eigenvalue weighted by molar-refractivity contribution is 5.93. The van der Waals surface area contributed by atoms with Crippen molar-refractivity contribution in [1.82, 2.24) is 15.1 Å². The van der Waals surface area contributed by atoms with E-state index < -0.39 is 0 Å². The Morgan fingerprint density at radius 1 is 1.45 bits per heavy atom. The molecule has 6 heteroatoms. The number of hydrogen-bond donors (Lipinski definition) is 3. The molecule has 0 bridgehead atoms. The number of carbonyl (C=O) groups is 1. The molecular weight excluding hydrogens is 280 g/mol. The molecule has 0 aromatic carbocycles. The molecule has 0 spiro atoms. The fraction of sp³-hybridized carbons (Fsp3) is 0.750. The number of aliphatic hydroxyl groups excluding tert-OH is 1. The van der Waals surface area contributed by atoms with Gasteiger partial charge in [-0.05, 0) is 46.0 Å². The van der Waals surface area contributed by atoms with Crippen LogP contribution in [0.5, 0.6) is 0 Å². The average molecular weight is 308 g/mol. The lowest BCUT2D eigenvalue weighted by molar-refractivity contribution is -0.118. The number of aliphatic hydroxyl groups is 1. The minimum Gasteiger partial charge on any atom is -0.396 e. The molecule has 124 valence electrons. The van der Waals surface area contributed by atoms with E-state index in [1.807, 2.05) is 26.8 Å². The summed E-state index contributed by atoms with van der Waals surface area (Å²) in [7, 11) is 0. The molecule has 3 N–H and O–H groups in total. The number of anilines is 1. The van der Waals surface area contributed by atoms with Crippen LogP contribution in [-0.4, -0.2) is 39.5 Å². The van der Waals surface area contributed by atoms with Crippen LogP contribution in [-0.2, 0) is 4.79 Å². The Balaban J connectivity index is 1.90. The summed E-state index contributed by atoms with van der Waals surface area (Å²) < 4.78 is 1.80. The van der Waals surface area contributed by atoms with Gasteiger partial charge in [-0.2, -0.15) is 5.10 Å². The zero-order valence-electron chi connectivity index (χ0n) is 13.7. The molecule has 6 nitrogen and oxygen atoms in total. The van der Waals surface area contributed by atoms with Crippen molar-refractivity contribution < 1.29 is 9.90 Å². The molecule has 1 aromatic heterocycles. The maximum absolute atomic E-state index is 12.4. The van der Waals surface area contributed by atoms with E-state index in [0.717, 1.165) is 31.5 Å². The van der Waals surface area contributed by atoms with E-state index >= 15 is 0 Å².